The van der Waals surface area contributed by atoms with Crippen LogP contribution in [-0.4, -0.2) is 44.0 Å². The molecule has 2 N–H and O–H groups in total. The first-order chi connectivity index (χ1) is 14.2. The summed E-state index contributed by atoms with van der Waals surface area (Å²) in [6, 6.07) is 5.36. The van der Waals surface area contributed by atoms with E-state index in [2.05, 4.69) is 10.6 Å². The summed E-state index contributed by atoms with van der Waals surface area (Å²) in [5.41, 5.74) is 2.52. The Balaban J connectivity index is 2.17. The lowest BCUT2D eigenvalue weighted by atomic mass is 10.1. The monoisotopic (exact) mass is 432 g/mol. The van der Waals surface area contributed by atoms with E-state index in [9.17, 15) is 19.2 Å². The summed E-state index contributed by atoms with van der Waals surface area (Å²) in [4.78, 5) is 49.3. The van der Waals surface area contributed by atoms with Crippen molar-refractivity contribution in [3.63, 3.8) is 0 Å². The molecule has 9 heteroatoms. The van der Waals surface area contributed by atoms with Crippen molar-refractivity contribution < 1.29 is 28.7 Å². The van der Waals surface area contributed by atoms with Gasteiger partial charge in [-0.15, -0.1) is 11.3 Å². The Labute approximate surface area is 178 Å². The zero-order valence-electron chi connectivity index (χ0n) is 17.5. The SMILES string of the molecule is CCOC(=O)c1c(NC(=O)COC(=O)c2cc(C)ccc2C)sc(C(=O)NC)c1C. The summed E-state index contributed by atoms with van der Waals surface area (Å²) < 4.78 is 10.1. The smallest absolute Gasteiger partial charge is 0.341 e. The summed E-state index contributed by atoms with van der Waals surface area (Å²) in [5.74, 6) is -2.29. The average Bonchev–Trinajstić information content (AvgIpc) is 3.03. The highest BCUT2D eigenvalue weighted by molar-refractivity contribution is 7.18. The van der Waals surface area contributed by atoms with E-state index in [-0.39, 0.29) is 28.0 Å². The van der Waals surface area contributed by atoms with Crippen LogP contribution in [-0.2, 0) is 14.3 Å². The van der Waals surface area contributed by atoms with Crippen molar-refractivity contribution in [2.24, 2.45) is 0 Å². The zero-order valence-corrected chi connectivity index (χ0v) is 18.3. The van der Waals surface area contributed by atoms with E-state index in [1.807, 2.05) is 13.0 Å². The molecule has 1 aromatic heterocycles. The number of carbonyl (C=O) groups excluding carboxylic acids is 4. The Morgan fingerprint density at radius 3 is 2.37 bits per heavy atom. The second-order valence-corrected chi connectivity index (χ2v) is 7.52. The molecule has 0 radical (unpaired) electrons. The fourth-order valence-corrected chi connectivity index (χ4v) is 3.87. The number of anilines is 1. The summed E-state index contributed by atoms with van der Waals surface area (Å²) in [7, 11) is 1.47. The first-order valence-electron chi connectivity index (χ1n) is 9.26. The van der Waals surface area contributed by atoms with Gasteiger partial charge in [-0.25, -0.2) is 9.59 Å². The van der Waals surface area contributed by atoms with Crippen molar-refractivity contribution in [1.29, 1.82) is 0 Å². The van der Waals surface area contributed by atoms with Gasteiger partial charge in [-0.1, -0.05) is 17.7 Å². The Morgan fingerprint density at radius 2 is 1.73 bits per heavy atom. The first-order valence-corrected chi connectivity index (χ1v) is 10.1. The van der Waals surface area contributed by atoms with Gasteiger partial charge in [-0.2, -0.15) is 0 Å². The van der Waals surface area contributed by atoms with Gasteiger partial charge in [0.2, 0.25) is 0 Å². The number of nitrogens with one attached hydrogen (secondary N) is 2. The molecule has 0 spiro atoms. The second-order valence-electron chi connectivity index (χ2n) is 6.50. The van der Waals surface area contributed by atoms with Gasteiger partial charge in [0, 0.05) is 7.05 Å². The molecule has 0 aliphatic heterocycles. The zero-order chi connectivity index (χ0) is 22.4. The van der Waals surface area contributed by atoms with E-state index in [1.165, 1.54) is 7.05 Å². The molecule has 2 rings (SSSR count). The lowest BCUT2D eigenvalue weighted by molar-refractivity contribution is -0.119. The largest absolute Gasteiger partial charge is 0.462 e. The van der Waals surface area contributed by atoms with Gasteiger partial charge in [0.15, 0.2) is 6.61 Å². The van der Waals surface area contributed by atoms with Crippen molar-refractivity contribution in [3.8, 4) is 0 Å². The van der Waals surface area contributed by atoms with E-state index < -0.39 is 24.5 Å². The minimum atomic E-state index is -0.649. The van der Waals surface area contributed by atoms with Crippen LogP contribution >= 0.6 is 11.3 Å². The van der Waals surface area contributed by atoms with E-state index in [1.54, 1.807) is 32.9 Å². The maximum absolute atomic E-state index is 12.4. The fourth-order valence-electron chi connectivity index (χ4n) is 2.71. The third-order valence-electron chi connectivity index (χ3n) is 4.26. The van der Waals surface area contributed by atoms with Gasteiger partial charge < -0.3 is 20.1 Å². The van der Waals surface area contributed by atoms with Crippen molar-refractivity contribution in [3.05, 3.63) is 50.9 Å². The molecule has 1 aromatic carbocycles. The number of ether oxygens (including phenoxy) is 2. The third-order valence-corrected chi connectivity index (χ3v) is 5.47. The molecule has 30 heavy (non-hydrogen) atoms. The van der Waals surface area contributed by atoms with Crippen LogP contribution in [0.3, 0.4) is 0 Å². The number of esters is 2. The Hall–Kier alpha value is -3.20. The topological polar surface area (TPSA) is 111 Å². The van der Waals surface area contributed by atoms with Crippen LogP contribution in [0.1, 0.15) is 54.0 Å². The minimum Gasteiger partial charge on any atom is -0.462 e. The molecule has 0 fully saturated rings. The molecular weight excluding hydrogens is 408 g/mol. The van der Waals surface area contributed by atoms with Gasteiger partial charge >= 0.3 is 11.9 Å². The molecule has 8 nitrogen and oxygen atoms in total. The second kappa shape index (κ2) is 10.0. The van der Waals surface area contributed by atoms with E-state index in [0.29, 0.717) is 11.1 Å². The number of carbonyl (C=O) groups is 4. The summed E-state index contributed by atoms with van der Waals surface area (Å²) in [6.07, 6.45) is 0. The van der Waals surface area contributed by atoms with Crippen LogP contribution in [0.25, 0.3) is 0 Å². The molecule has 160 valence electrons. The molecule has 0 saturated carbocycles. The van der Waals surface area contributed by atoms with Crippen molar-refractivity contribution in [2.75, 3.05) is 25.6 Å². The van der Waals surface area contributed by atoms with Crippen LogP contribution in [0.5, 0.6) is 0 Å². The molecule has 0 aliphatic rings. The van der Waals surface area contributed by atoms with Crippen LogP contribution in [0.4, 0.5) is 5.00 Å². The van der Waals surface area contributed by atoms with Gasteiger partial charge in [0.05, 0.1) is 22.6 Å². The fraction of sp³-hybridized carbons (Fsp3) is 0.333. The maximum atomic E-state index is 12.4. The van der Waals surface area contributed by atoms with E-state index in [4.69, 9.17) is 9.47 Å². The number of rotatable bonds is 7. The molecule has 1 heterocycles. The number of thiophene rings is 1. The van der Waals surface area contributed by atoms with E-state index >= 15 is 0 Å². The highest BCUT2D eigenvalue weighted by Crippen LogP contribution is 2.33. The number of hydrogen-bond acceptors (Lipinski definition) is 7. The molecule has 0 unspecified atom stereocenters. The molecule has 0 atom stereocenters. The predicted octanol–water partition coefficient (Wildman–Crippen LogP) is 3.01. The molecule has 0 aliphatic carbocycles. The predicted molar refractivity (Wildman–Crippen MR) is 113 cm³/mol. The highest BCUT2D eigenvalue weighted by atomic mass is 32.1. The van der Waals surface area contributed by atoms with Gasteiger partial charge in [0.25, 0.3) is 11.8 Å². The number of hydrogen-bond donors (Lipinski definition) is 2. The summed E-state index contributed by atoms with van der Waals surface area (Å²) in [6.45, 7) is 6.48. The van der Waals surface area contributed by atoms with Crippen LogP contribution in [0.15, 0.2) is 18.2 Å². The van der Waals surface area contributed by atoms with Crippen molar-refractivity contribution >= 4 is 40.1 Å². The molecular formula is C21H24N2O6S. The first kappa shape index (κ1) is 23.1. The maximum Gasteiger partial charge on any atom is 0.341 e. The molecule has 2 aromatic rings. The van der Waals surface area contributed by atoms with Crippen molar-refractivity contribution in [1.82, 2.24) is 5.32 Å². The lowest BCUT2D eigenvalue weighted by Crippen LogP contribution is -2.22. The minimum absolute atomic E-state index is 0.106. The van der Waals surface area contributed by atoms with E-state index in [0.717, 1.165) is 22.5 Å². The quantitative estimate of drug-likeness (QED) is 0.651. The molecule has 0 bridgehead atoms. The Morgan fingerprint density at radius 1 is 1.03 bits per heavy atom. The Bertz CT molecular complexity index is 996. The Kier molecular flexibility index (Phi) is 7.71. The van der Waals surface area contributed by atoms with Gasteiger partial charge in [-0.05, 0) is 44.9 Å². The summed E-state index contributed by atoms with van der Waals surface area (Å²) >= 11 is 0.951. The van der Waals surface area contributed by atoms with Gasteiger partial charge in [-0.3, -0.25) is 9.59 Å². The van der Waals surface area contributed by atoms with Crippen LogP contribution in [0.2, 0.25) is 0 Å². The van der Waals surface area contributed by atoms with Crippen molar-refractivity contribution in [2.45, 2.75) is 27.7 Å². The average molecular weight is 432 g/mol. The lowest BCUT2D eigenvalue weighted by Gasteiger charge is -2.09. The summed E-state index contributed by atoms with van der Waals surface area (Å²) in [5, 5.41) is 5.20. The number of amides is 2. The normalized spacial score (nSPS) is 10.3. The molecule has 0 saturated heterocycles. The number of aryl methyl sites for hydroxylation is 2. The number of benzene rings is 1. The molecule has 2 amide bonds. The highest BCUT2D eigenvalue weighted by Gasteiger charge is 2.26. The van der Waals surface area contributed by atoms with Crippen LogP contribution < -0.4 is 10.6 Å². The third kappa shape index (κ3) is 5.24. The standard InChI is InChI=1S/C21H24N2O6S/c1-6-28-21(27)16-13(4)17(18(25)22-5)30-19(16)23-15(24)10-29-20(26)14-9-11(2)7-8-12(14)3/h7-9H,6,10H2,1-5H3,(H,22,25)(H,23,24). The van der Waals surface area contributed by atoms with Gasteiger partial charge in [0.1, 0.15) is 5.00 Å². The van der Waals surface area contributed by atoms with Crippen LogP contribution in [0, 0.1) is 20.8 Å².